The summed E-state index contributed by atoms with van der Waals surface area (Å²) in [6.45, 7) is 10.6. The molecule has 5 N–H and O–H groups in total. The lowest BCUT2D eigenvalue weighted by atomic mass is 9.48. The summed E-state index contributed by atoms with van der Waals surface area (Å²) < 4.78 is 18.7. The molecule has 52 heavy (non-hydrogen) atoms. The third-order valence-electron chi connectivity index (χ3n) is 15.5. The highest BCUT2D eigenvalue weighted by Crippen LogP contribution is 2.70. The number of aliphatic hydroxyl groups excluding tert-OH is 2. The molecule has 9 aliphatic rings. The molecular weight excluding hydrogens is 660 g/mol. The maximum absolute atomic E-state index is 11.5. The van der Waals surface area contributed by atoms with E-state index in [-0.39, 0.29) is 42.2 Å². The van der Waals surface area contributed by atoms with Crippen molar-refractivity contribution < 1.29 is 44.5 Å². The zero-order valence-corrected chi connectivity index (χ0v) is 30.9. The molecule has 0 bridgehead atoms. The minimum atomic E-state index is -1.33. The normalized spacial score (nSPS) is 45.4. The summed E-state index contributed by atoms with van der Waals surface area (Å²) in [7, 11) is 0. The van der Waals surface area contributed by atoms with Gasteiger partial charge in [-0.25, -0.2) is 0 Å². The van der Waals surface area contributed by atoms with Gasteiger partial charge in [-0.15, -0.1) is 0 Å². The van der Waals surface area contributed by atoms with E-state index in [0.717, 1.165) is 37.7 Å². The van der Waals surface area contributed by atoms with Gasteiger partial charge in [0.15, 0.2) is 23.0 Å². The summed E-state index contributed by atoms with van der Waals surface area (Å²) in [4.78, 5) is 11.5. The Labute approximate surface area is 306 Å². The molecule has 1 aromatic rings. The summed E-state index contributed by atoms with van der Waals surface area (Å²) >= 11 is 0. The molecule has 3 heterocycles. The van der Waals surface area contributed by atoms with E-state index < -0.39 is 17.1 Å². The fourth-order valence-corrected chi connectivity index (χ4v) is 12.8. The minimum Gasteiger partial charge on any atom is -0.504 e. The van der Waals surface area contributed by atoms with Crippen molar-refractivity contribution in [1.29, 1.82) is 0 Å². The fourth-order valence-electron chi connectivity index (χ4n) is 12.8. The summed E-state index contributed by atoms with van der Waals surface area (Å²) in [5, 5.41) is 50.3. The molecule has 3 saturated carbocycles. The number of fused-ring (bicyclic) bond motifs is 11. The number of ether oxygens (including phenoxy) is 3. The van der Waals surface area contributed by atoms with Crippen LogP contribution in [0.3, 0.4) is 0 Å². The van der Waals surface area contributed by atoms with Gasteiger partial charge in [-0.3, -0.25) is 4.79 Å². The van der Waals surface area contributed by atoms with E-state index >= 15 is 0 Å². The zero-order chi connectivity index (χ0) is 36.5. The topological polar surface area (TPSA) is 146 Å². The van der Waals surface area contributed by atoms with Crippen LogP contribution in [0.5, 0.6) is 11.5 Å². The first kappa shape index (κ1) is 34.6. The molecule has 1 aromatic carbocycles. The Morgan fingerprint density at radius 1 is 0.942 bits per heavy atom. The van der Waals surface area contributed by atoms with Gasteiger partial charge in [-0.2, -0.15) is 0 Å². The van der Waals surface area contributed by atoms with Gasteiger partial charge in [0.2, 0.25) is 11.5 Å². The second-order valence-corrected chi connectivity index (χ2v) is 18.3. The zero-order valence-electron chi connectivity index (χ0n) is 30.9. The number of aromatic hydroxyl groups is 2. The molecule has 5 fully saturated rings. The van der Waals surface area contributed by atoms with Crippen LogP contribution in [0.4, 0.5) is 0 Å². The van der Waals surface area contributed by atoms with Crippen LogP contribution in [0.1, 0.15) is 96.6 Å². The quantitative estimate of drug-likeness (QED) is 0.145. The lowest BCUT2D eigenvalue weighted by molar-refractivity contribution is -0.272. The highest BCUT2D eigenvalue weighted by molar-refractivity contribution is 6.06. The Balaban J connectivity index is 0.000000145. The summed E-state index contributed by atoms with van der Waals surface area (Å²) in [5.41, 5.74) is 3.26. The molecule has 2 saturated heterocycles. The van der Waals surface area contributed by atoms with E-state index in [0.29, 0.717) is 62.9 Å². The first-order valence-electron chi connectivity index (χ1n) is 19.7. The van der Waals surface area contributed by atoms with E-state index in [4.69, 9.17) is 14.2 Å². The van der Waals surface area contributed by atoms with Crippen LogP contribution in [0, 0.1) is 46.3 Å². The second-order valence-electron chi connectivity index (χ2n) is 18.3. The van der Waals surface area contributed by atoms with E-state index in [9.17, 15) is 30.3 Å². The van der Waals surface area contributed by atoms with Crippen molar-refractivity contribution in [2.24, 2.45) is 46.3 Å². The molecule has 12 unspecified atom stereocenters. The van der Waals surface area contributed by atoms with Gasteiger partial charge in [0, 0.05) is 29.9 Å². The van der Waals surface area contributed by atoms with Crippen molar-refractivity contribution in [3.63, 3.8) is 0 Å². The number of hydrogen-bond donors (Lipinski definition) is 5. The van der Waals surface area contributed by atoms with Crippen molar-refractivity contribution in [2.75, 3.05) is 13.2 Å². The number of aliphatic hydroxyl groups is 3. The van der Waals surface area contributed by atoms with Crippen LogP contribution in [0.2, 0.25) is 0 Å². The van der Waals surface area contributed by atoms with E-state index in [1.54, 1.807) is 5.57 Å². The average Bonchev–Trinajstić information content (AvgIpc) is 3.67. The van der Waals surface area contributed by atoms with Crippen molar-refractivity contribution in [1.82, 2.24) is 0 Å². The van der Waals surface area contributed by atoms with E-state index in [1.807, 2.05) is 0 Å². The smallest absolute Gasteiger partial charge is 0.224 e. The number of rotatable bonds is 0. The van der Waals surface area contributed by atoms with E-state index in [1.165, 1.54) is 62.8 Å². The molecule has 0 aromatic heterocycles. The van der Waals surface area contributed by atoms with Gasteiger partial charge in [0.1, 0.15) is 12.2 Å². The molecule has 9 heteroatoms. The Morgan fingerprint density at radius 3 is 2.50 bits per heavy atom. The lowest BCUT2D eigenvalue weighted by Crippen LogP contribution is -2.50. The average molecular weight is 715 g/mol. The summed E-state index contributed by atoms with van der Waals surface area (Å²) in [6.07, 6.45) is 16.5. The molecular formula is C43H54O9. The number of carbonyl (C=O) groups excluding carboxylic acids is 1. The molecule has 10 rings (SSSR count). The Hall–Kier alpha value is -3.11. The molecule has 9 nitrogen and oxygen atoms in total. The maximum Gasteiger partial charge on any atom is 0.224 e. The number of hydrogen-bond acceptors (Lipinski definition) is 9. The van der Waals surface area contributed by atoms with Gasteiger partial charge in [0.05, 0.1) is 18.8 Å². The number of phenols is 2. The Bertz CT molecular complexity index is 1830. The summed E-state index contributed by atoms with van der Waals surface area (Å²) in [5.74, 6) is 2.10. The highest BCUT2D eigenvalue weighted by atomic mass is 16.7. The third kappa shape index (κ3) is 4.84. The minimum absolute atomic E-state index is 0.0348. The molecule has 0 amide bonds. The van der Waals surface area contributed by atoms with Crippen LogP contribution in [-0.4, -0.2) is 68.1 Å². The maximum atomic E-state index is 11.5. The molecule has 3 aliphatic heterocycles. The highest BCUT2D eigenvalue weighted by Gasteiger charge is 2.68. The number of ketones is 1. The standard InChI is InChI=1S/C27H42O3.C16H12O6/c1-16-7-12-27(29-15-16)17(2)24-23(30-27)14-22-20-6-5-18-13-19(28)8-10-25(18,3)21(20)9-11-26(22,24)4;17-10-2-1-8-13-9-4-12(19)11(18)3-7(9)5-16(13,21)6-22-15(8)14(10)20/h9,16-20,22-24,28H,5-8,10-15H2,1-4H3;1-4,18-21H,5-6H2. The predicted octanol–water partition coefficient (Wildman–Crippen LogP) is 6.79. The van der Waals surface area contributed by atoms with Gasteiger partial charge in [-0.05, 0) is 127 Å². The largest absolute Gasteiger partial charge is 0.504 e. The van der Waals surface area contributed by atoms with Crippen LogP contribution >= 0.6 is 0 Å². The lowest BCUT2D eigenvalue weighted by Gasteiger charge is -2.57. The number of benzene rings is 1. The molecule has 0 radical (unpaired) electrons. The van der Waals surface area contributed by atoms with E-state index in [2.05, 4.69) is 33.8 Å². The fraction of sp³-hybridized carbons (Fsp3) is 0.651. The van der Waals surface area contributed by atoms with Crippen molar-refractivity contribution in [3.05, 3.63) is 64.2 Å². The number of allylic oxidation sites excluding steroid dienone is 4. The van der Waals surface area contributed by atoms with Crippen LogP contribution < -0.4 is 0 Å². The molecule has 12 atom stereocenters. The molecule has 280 valence electrons. The van der Waals surface area contributed by atoms with Gasteiger partial charge in [-0.1, -0.05) is 39.3 Å². The molecule has 6 aliphatic carbocycles. The number of carbonyl (C=O) groups is 1. The Kier molecular flexibility index (Phi) is 7.79. The van der Waals surface area contributed by atoms with Crippen LogP contribution in [-0.2, 0) is 25.4 Å². The predicted molar refractivity (Wildman–Crippen MR) is 193 cm³/mol. The van der Waals surface area contributed by atoms with Gasteiger partial charge in [0.25, 0.3) is 0 Å². The van der Waals surface area contributed by atoms with Gasteiger partial charge >= 0.3 is 0 Å². The monoisotopic (exact) mass is 714 g/mol. The van der Waals surface area contributed by atoms with Crippen LogP contribution in [0.25, 0.3) is 5.57 Å². The van der Waals surface area contributed by atoms with Crippen molar-refractivity contribution >= 4 is 11.4 Å². The summed E-state index contributed by atoms with van der Waals surface area (Å²) in [6, 6.07) is 2.77. The molecule has 1 spiro atoms. The SMILES string of the molecule is CC1CCC2(OC1)OC1CC3C4CCC5CC(O)CCC5(C)C4=CCC3(C)C1C2C.O=C1C=CC2=C3c4cc(O)c(O)cc4CC3(O)COC2=C1O. The second kappa shape index (κ2) is 11.7. The third-order valence-corrected chi connectivity index (χ3v) is 15.5. The van der Waals surface area contributed by atoms with Gasteiger partial charge < -0.3 is 39.7 Å². The Morgan fingerprint density at radius 2 is 1.73 bits per heavy atom. The first-order chi connectivity index (χ1) is 24.7. The first-order valence-corrected chi connectivity index (χ1v) is 19.7. The van der Waals surface area contributed by atoms with Crippen LogP contribution in [0.15, 0.2) is 53.0 Å². The van der Waals surface area contributed by atoms with Crippen molar-refractivity contribution in [3.8, 4) is 11.5 Å². The van der Waals surface area contributed by atoms with Crippen molar-refractivity contribution in [2.45, 2.75) is 115 Å². The number of phenolic OH excluding ortho intramolecular Hbond substituents is 2.